The Bertz CT molecular complexity index is 523. The molecule has 1 unspecified atom stereocenters. The predicted molar refractivity (Wildman–Crippen MR) is 77.9 cm³/mol. The van der Waals surface area contributed by atoms with Crippen LogP contribution in [0.3, 0.4) is 0 Å². The number of aryl methyl sites for hydroxylation is 2. The highest BCUT2D eigenvalue weighted by Gasteiger charge is 2.22. The van der Waals surface area contributed by atoms with Gasteiger partial charge in [0.15, 0.2) is 0 Å². The maximum absolute atomic E-state index is 12.0. The van der Waals surface area contributed by atoms with Crippen LogP contribution in [0.5, 0.6) is 0 Å². The predicted octanol–water partition coefficient (Wildman–Crippen LogP) is 0.836. The Morgan fingerprint density at radius 3 is 2.68 bits per heavy atom. The average Bonchev–Trinajstić information content (AvgIpc) is 2.25. The topological polar surface area (TPSA) is 82.2 Å². The van der Waals surface area contributed by atoms with Crippen molar-refractivity contribution in [2.24, 2.45) is 0 Å². The molecule has 1 heterocycles. The first-order valence-corrected chi connectivity index (χ1v) is 7.36. The molecule has 3 N–H and O–H groups in total. The minimum Gasteiger partial charge on any atom is -0.387 e. The fraction of sp³-hybridized carbons (Fsp3) is 0.538. The maximum Gasteiger partial charge on any atom is 0.261 e. The molecule has 0 aliphatic heterocycles. The Kier molecular flexibility index (Phi) is 5.20. The molecule has 0 aromatic carbocycles. The number of pyridine rings is 1. The fourth-order valence-electron chi connectivity index (χ4n) is 1.86. The molecule has 1 aromatic heterocycles. The zero-order valence-electron chi connectivity index (χ0n) is 11.7. The zero-order valence-corrected chi connectivity index (χ0v) is 12.5. The highest BCUT2D eigenvalue weighted by molar-refractivity contribution is 7.98. The number of aromatic nitrogens is 1. The number of thioether (sulfide) groups is 1. The largest absolute Gasteiger partial charge is 0.387 e. The molecule has 1 amide bonds. The molecule has 0 spiro atoms. The highest BCUT2D eigenvalue weighted by atomic mass is 32.2. The minimum atomic E-state index is -0.986. The summed E-state index contributed by atoms with van der Waals surface area (Å²) in [7, 11) is 0. The van der Waals surface area contributed by atoms with Gasteiger partial charge in [0, 0.05) is 18.0 Å². The lowest BCUT2D eigenvalue weighted by atomic mass is 10.1. The third-order valence-electron chi connectivity index (χ3n) is 2.68. The Morgan fingerprint density at radius 2 is 2.16 bits per heavy atom. The molecule has 1 atom stereocenters. The molecule has 1 rings (SSSR count). The lowest BCUT2D eigenvalue weighted by molar-refractivity contribution is 0.0723. The number of amides is 1. The molecule has 0 radical (unpaired) electrons. The van der Waals surface area contributed by atoms with Gasteiger partial charge in [-0.25, -0.2) is 0 Å². The fourth-order valence-corrected chi connectivity index (χ4v) is 2.58. The van der Waals surface area contributed by atoms with Crippen molar-refractivity contribution in [3.63, 3.8) is 0 Å². The summed E-state index contributed by atoms with van der Waals surface area (Å²) in [5, 5.41) is 12.6. The molecular formula is C13H20N2O3S. The monoisotopic (exact) mass is 284 g/mol. The molecule has 0 aliphatic rings. The van der Waals surface area contributed by atoms with Gasteiger partial charge in [-0.05, 0) is 38.7 Å². The van der Waals surface area contributed by atoms with Crippen molar-refractivity contribution in [1.29, 1.82) is 0 Å². The van der Waals surface area contributed by atoms with Crippen molar-refractivity contribution < 1.29 is 9.90 Å². The third kappa shape index (κ3) is 4.40. The van der Waals surface area contributed by atoms with E-state index in [4.69, 9.17) is 0 Å². The van der Waals surface area contributed by atoms with Gasteiger partial charge < -0.3 is 15.4 Å². The molecule has 0 saturated heterocycles. The van der Waals surface area contributed by atoms with Crippen molar-refractivity contribution in [3.8, 4) is 0 Å². The van der Waals surface area contributed by atoms with Gasteiger partial charge >= 0.3 is 0 Å². The number of aromatic amines is 1. The molecule has 0 saturated carbocycles. The lowest BCUT2D eigenvalue weighted by Crippen LogP contribution is -2.43. The van der Waals surface area contributed by atoms with Gasteiger partial charge in [-0.2, -0.15) is 11.8 Å². The van der Waals surface area contributed by atoms with Crippen LogP contribution in [-0.4, -0.2) is 40.2 Å². The number of carbonyl (C=O) groups is 1. The molecule has 0 aliphatic carbocycles. The molecular weight excluding hydrogens is 264 g/mol. The summed E-state index contributed by atoms with van der Waals surface area (Å²) in [6.07, 6.45) is 1.88. The normalized spacial score (nSPS) is 13.9. The maximum atomic E-state index is 12.0. The van der Waals surface area contributed by atoms with Crippen LogP contribution in [0, 0.1) is 13.8 Å². The van der Waals surface area contributed by atoms with Gasteiger partial charge in [0.1, 0.15) is 5.56 Å². The van der Waals surface area contributed by atoms with Crippen LogP contribution in [0.15, 0.2) is 10.9 Å². The third-order valence-corrected chi connectivity index (χ3v) is 3.59. The van der Waals surface area contributed by atoms with Gasteiger partial charge in [-0.1, -0.05) is 0 Å². The summed E-state index contributed by atoms with van der Waals surface area (Å²) < 4.78 is 0. The minimum absolute atomic E-state index is 0.102. The van der Waals surface area contributed by atoms with E-state index in [2.05, 4.69) is 10.3 Å². The summed E-state index contributed by atoms with van der Waals surface area (Å²) in [5.41, 5.74) is 0.0576. The van der Waals surface area contributed by atoms with Gasteiger partial charge in [-0.3, -0.25) is 9.59 Å². The molecule has 0 fully saturated rings. The van der Waals surface area contributed by atoms with Crippen LogP contribution >= 0.6 is 11.8 Å². The average molecular weight is 284 g/mol. The van der Waals surface area contributed by atoms with E-state index in [1.54, 1.807) is 26.8 Å². The Labute approximate surface area is 116 Å². The molecule has 19 heavy (non-hydrogen) atoms. The van der Waals surface area contributed by atoms with Crippen molar-refractivity contribution >= 4 is 17.7 Å². The smallest absolute Gasteiger partial charge is 0.261 e. The Balaban J connectivity index is 2.83. The second kappa shape index (κ2) is 6.25. The van der Waals surface area contributed by atoms with Gasteiger partial charge in [0.05, 0.1) is 5.60 Å². The first kappa shape index (κ1) is 15.8. The van der Waals surface area contributed by atoms with Crippen molar-refractivity contribution in [3.05, 3.63) is 33.2 Å². The highest BCUT2D eigenvalue weighted by Crippen LogP contribution is 2.10. The molecule has 1 aromatic rings. The first-order chi connectivity index (χ1) is 8.76. The van der Waals surface area contributed by atoms with Crippen LogP contribution in [0.25, 0.3) is 0 Å². The second-order valence-electron chi connectivity index (χ2n) is 4.95. The van der Waals surface area contributed by atoms with E-state index in [1.165, 1.54) is 11.8 Å². The van der Waals surface area contributed by atoms with Gasteiger partial charge in [0.2, 0.25) is 0 Å². The van der Waals surface area contributed by atoms with E-state index < -0.39 is 17.1 Å². The number of nitrogens with one attached hydrogen (secondary N) is 2. The SMILES string of the molecule is CSCC(C)(O)CNC(=O)c1c(C)cc(C)[nH]c1=O. The number of aliphatic hydroxyl groups is 1. The van der Waals surface area contributed by atoms with Crippen LogP contribution in [0.4, 0.5) is 0 Å². The van der Waals surface area contributed by atoms with Crippen LogP contribution < -0.4 is 10.9 Å². The number of hydrogen-bond donors (Lipinski definition) is 3. The lowest BCUT2D eigenvalue weighted by Gasteiger charge is -2.22. The Morgan fingerprint density at radius 1 is 1.53 bits per heavy atom. The molecule has 106 valence electrons. The summed E-state index contributed by atoms with van der Waals surface area (Å²) in [5.74, 6) is 0.0522. The Hall–Kier alpha value is -1.27. The number of carbonyl (C=O) groups excluding carboxylic acids is 1. The van der Waals surface area contributed by atoms with Crippen LogP contribution in [-0.2, 0) is 0 Å². The van der Waals surface area contributed by atoms with E-state index in [-0.39, 0.29) is 12.1 Å². The zero-order chi connectivity index (χ0) is 14.6. The van der Waals surface area contributed by atoms with Crippen molar-refractivity contribution in [2.75, 3.05) is 18.6 Å². The van der Waals surface area contributed by atoms with Gasteiger partial charge in [0.25, 0.3) is 11.5 Å². The van der Waals surface area contributed by atoms with E-state index in [1.807, 2.05) is 6.26 Å². The quantitative estimate of drug-likeness (QED) is 0.748. The van der Waals surface area contributed by atoms with Gasteiger partial charge in [-0.15, -0.1) is 0 Å². The number of rotatable bonds is 5. The second-order valence-corrected chi connectivity index (χ2v) is 5.82. The molecule has 5 nitrogen and oxygen atoms in total. The standard InChI is InChI=1S/C13H20N2O3S/c1-8-5-9(2)15-12(17)10(8)11(16)14-6-13(3,18)7-19-4/h5,18H,6-7H2,1-4H3,(H,14,16)(H,15,17). The molecule has 0 bridgehead atoms. The number of H-pyrrole nitrogens is 1. The van der Waals surface area contributed by atoms with E-state index in [0.29, 0.717) is 17.0 Å². The van der Waals surface area contributed by atoms with E-state index in [9.17, 15) is 14.7 Å². The summed E-state index contributed by atoms with van der Waals surface area (Å²) in [4.78, 5) is 26.4. The van der Waals surface area contributed by atoms with E-state index >= 15 is 0 Å². The van der Waals surface area contributed by atoms with Crippen LogP contribution in [0.1, 0.15) is 28.5 Å². The number of hydrogen-bond acceptors (Lipinski definition) is 4. The summed E-state index contributed by atoms with van der Waals surface area (Å²) in [6, 6.07) is 1.75. The molecule has 6 heteroatoms. The van der Waals surface area contributed by atoms with Crippen LogP contribution in [0.2, 0.25) is 0 Å². The van der Waals surface area contributed by atoms with Crippen molar-refractivity contribution in [1.82, 2.24) is 10.3 Å². The summed E-state index contributed by atoms with van der Waals surface area (Å²) in [6.45, 7) is 5.24. The van der Waals surface area contributed by atoms with Crippen molar-refractivity contribution in [2.45, 2.75) is 26.4 Å². The summed E-state index contributed by atoms with van der Waals surface area (Å²) >= 11 is 1.50. The first-order valence-electron chi connectivity index (χ1n) is 5.97. The van der Waals surface area contributed by atoms with E-state index in [0.717, 1.165) is 0 Å².